The second kappa shape index (κ2) is 36.0. The average Bonchev–Trinajstić information content (AvgIpc) is 3.60. The smallest absolute Gasteiger partial charge is 0.321 e. The third-order valence-corrected chi connectivity index (χ3v) is 13.6. The first kappa shape index (κ1) is 64.2. The van der Waals surface area contributed by atoms with Gasteiger partial charge in [0, 0.05) is 51.2 Å². The zero-order chi connectivity index (χ0) is 55.8. The Bertz CT molecular complexity index is 2490. The van der Waals surface area contributed by atoms with Gasteiger partial charge in [-0.25, -0.2) is 5.84 Å². The average molecular weight is 1100 g/mol. The lowest BCUT2D eigenvalue weighted by Gasteiger charge is -2.33. The highest BCUT2D eigenvalue weighted by atomic mass is 32.5. The molecular weight excluding hydrogens is 1020 g/mol. The summed E-state index contributed by atoms with van der Waals surface area (Å²) in [4.78, 5) is 61.2. The fourth-order valence-electron chi connectivity index (χ4n) is 8.87. The number of carbonyl (C=O) groups excluding carboxylic acids is 3. The van der Waals surface area contributed by atoms with E-state index in [1.165, 1.54) is 27.8 Å². The number of hydrazine groups is 1. The number of para-hydroxylation sites is 1. The Labute approximate surface area is 461 Å². The molecule has 422 valence electrons. The van der Waals surface area contributed by atoms with E-state index >= 15 is 0 Å². The normalized spacial score (nSPS) is 13.6. The molecule has 8 N–H and O–H groups in total. The Hall–Kier alpha value is -5.34. The lowest BCUT2D eigenvalue weighted by atomic mass is 9.93. The molecule has 77 heavy (non-hydrogen) atoms. The molecule has 4 aromatic rings. The Morgan fingerprint density at radius 1 is 0.662 bits per heavy atom. The van der Waals surface area contributed by atoms with Gasteiger partial charge in [0.05, 0.1) is 96.1 Å². The second-order valence-electron chi connectivity index (χ2n) is 17.9. The van der Waals surface area contributed by atoms with Gasteiger partial charge in [0.2, 0.25) is 17.7 Å². The Kier molecular flexibility index (Phi) is 30.0. The zero-order valence-electron chi connectivity index (χ0n) is 45.5. The van der Waals surface area contributed by atoms with Crippen molar-refractivity contribution in [1.82, 2.24) is 15.2 Å². The van der Waals surface area contributed by atoms with Crippen molar-refractivity contribution >= 4 is 58.9 Å². The van der Waals surface area contributed by atoms with E-state index in [2.05, 4.69) is 71.7 Å². The van der Waals surface area contributed by atoms with Gasteiger partial charge in [-0.2, -0.15) is 0 Å². The van der Waals surface area contributed by atoms with E-state index in [9.17, 15) is 14.4 Å². The van der Waals surface area contributed by atoms with Crippen LogP contribution in [0.2, 0.25) is 0 Å². The summed E-state index contributed by atoms with van der Waals surface area (Å²) in [6.45, 7) is 5.17. The minimum Gasteiger partial charge on any atom is -0.400 e. The number of amides is 3. The molecule has 0 unspecified atom stereocenters. The number of rotatable bonds is 30. The van der Waals surface area contributed by atoms with E-state index in [4.69, 9.17) is 49.9 Å². The number of ether oxygens (including phenoxy) is 4. The maximum absolute atomic E-state index is 13.8. The predicted molar refractivity (Wildman–Crippen MR) is 308 cm³/mol. The molecule has 3 amide bonds. The SMILES string of the molecule is CC.CN(CCC=C1c2ccccc2CCc2ccccc21)C(=O)CCOCCOCCOCCOCCN(N)/C1=C(\N)c2ccccc2N(C(=O)CCC(=O)NCCCCCCOP(O)(O)=S)Cc2ccccc21.CO. The van der Waals surface area contributed by atoms with Crippen molar-refractivity contribution in [1.29, 1.82) is 0 Å². The molecule has 0 aromatic heterocycles. The first-order chi connectivity index (χ1) is 37.4. The van der Waals surface area contributed by atoms with Gasteiger partial charge in [-0.1, -0.05) is 124 Å². The van der Waals surface area contributed by atoms with Gasteiger partial charge in [0.1, 0.15) is 0 Å². The number of carbonyl (C=O) groups is 3. The number of aliphatic hydroxyl groups is 1. The van der Waals surface area contributed by atoms with E-state index in [1.807, 2.05) is 69.4 Å². The van der Waals surface area contributed by atoms with Gasteiger partial charge in [-0.3, -0.25) is 14.4 Å². The minimum absolute atomic E-state index is 0.00690. The molecule has 0 atom stereocenters. The highest BCUT2D eigenvalue weighted by molar-refractivity contribution is 8.06. The topological polar surface area (TPSA) is 232 Å². The van der Waals surface area contributed by atoms with E-state index in [0.29, 0.717) is 108 Å². The summed E-state index contributed by atoms with van der Waals surface area (Å²) in [7, 11) is 2.85. The van der Waals surface area contributed by atoms with E-state index in [0.717, 1.165) is 56.8 Å². The van der Waals surface area contributed by atoms with E-state index in [-0.39, 0.29) is 43.7 Å². The maximum atomic E-state index is 13.8. The molecule has 1 heterocycles. The van der Waals surface area contributed by atoms with Crippen LogP contribution in [0.25, 0.3) is 17.0 Å². The van der Waals surface area contributed by atoms with Crippen LogP contribution in [0, 0.1) is 0 Å². The summed E-state index contributed by atoms with van der Waals surface area (Å²) in [6.07, 6.45) is 8.41. The molecule has 2 aliphatic rings. The lowest BCUT2D eigenvalue weighted by molar-refractivity contribution is -0.131. The van der Waals surface area contributed by atoms with Crippen LogP contribution in [0.3, 0.4) is 0 Å². The molecule has 4 aromatic carbocycles. The fourth-order valence-corrected chi connectivity index (χ4v) is 9.46. The van der Waals surface area contributed by atoms with Crippen molar-refractivity contribution in [3.05, 3.63) is 142 Å². The van der Waals surface area contributed by atoms with Crippen molar-refractivity contribution in [2.24, 2.45) is 11.6 Å². The fraction of sp³-hybridized carbons (Fsp3) is 0.466. The summed E-state index contributed by atoms with van der Waals surface area (Å²) in [5.74, 6) is 6.35. The van der Waals surface area contributed by atoms with Crippen molar-refractivity contribution in [3.63, 3.8) is 0 Å². The van der Waals surface area contributed by atoms with E-state index in [1.54, 1.807) is 14.8 Å². The van der Waals surface area contributed by atoms with Crippen LogP contribution >= 0.6 is 6.72 Å². The number of nitrogens with one attached hydrogen (secondary N) is 1. The highest BCUT2D eigenvalue weighted by Crippen LogP contribution is 2.38. The summed E-state index contributed by atoms with van der Waals surface area (Å²) in [6, 6.07) is 32.3. The number of nitrogens with zero attached hydrogens (tertiary/aromatic N) is 3. The third-order valence-electron chi connectivity index (χ3n) is 12.7. The summed E-state index contributed by atoms with van der Waals surface area (Å²) in [5, 5.41) is 11.5. The number of fused-ring (bicyclic) bond motifs is 4. The van der Waals surface area contributed by atoms with Crippen LogP contribution in [0.1, 0.15) is 104 Å². The van der Waals surface area contributed by atoms with Crippen LogP contribution in [0.4, 0.5) is 5.69 Å². The van der Waals surface area contributed by atoms with Crippen LogP contribution in [-0.2, 0) is 69.0 Å². The first-order valence-electron chi connectivity index (χ1n) is 26.7. The number of anilines is 1. The van der Waals surface area contributed by atoms with Crippen molar-refractivity contribution in [2.45, 2.75) is 84.6 Å². The van der Waals surface area contributed by atoms with Crippen molar-refractivity contribution < 1.29 is 52.7 Å². The molecule has 0 radical (unpaired) electrons. The lowest BCUT2D eigenvalue weighted by Crippen LogP contribution is -2.38. The van der Waals surface area contributed by atoms with Crippen LogP contribution in [0.15, 0.2) is 103 Å². The highest BCUT2D eigenvalue weighted by Gasteiger charge is 2.28. The number of aryl methyl sites for hydroxylation is 2. The predicted octanol–water partition coefficient (Wildman–Crippen LogP) is 7.35. The van der Waals surface area contributed by atoms with Gasteiger partial charge in [0.25, 0.3) is 0 Å². The molecule has 1 aliphatic heterocycles. The molecule has 19 heteroatoms. The van der Waals surface area contributed by atoms with Gasteiger partial charge in [-0.15, -0.1) is 0 Å². The Morgan fingerprint density at radius 2 is 1.18 bits per heavy atom. The molecule has 0 spiro atoms. The monoisotopic (exact) mass is 1100 g/mol. The zero-order valence-corrected chi connectivity index (χ0v) is 47.2. The summed E-state index contributed by atoms with van der Waals surface area (Å²) in [5.41, 5.74) is 17.4. The van der Waals surface area contributed by atoms with E-state index < -0.39 is 6.72 Å². The number of aliphatic hydroxyl groups excluding tert-OH is 1. The molecule has 0 bridgehead atoms. The largest absolute Gasteiger partial charge is 0.400 e. The quantitative estimate of drug-likeness (QED) is 0.0130. The second-order valence-corrected chi connectivity index (χ2v) is 20.6. The van der Waals surface area contributed by atoms with Gasteiger partial charge < -0.3 is 64.2 Å². The maximum Gasteiger partial charge on any atom is 0.321 e. The third kappa shape index (κ3) is 21.8. The summed E-state index contributed by atoms with van der Waals surface area (Å²) < 4.78 is 27.7. The standard InChI is InChI=1S/C55H73N6O10PS.C2H6.CH4O/c1-59(30-14-22-48-45-18-7-4-15-42(45)24-25-43-16-5-8-19-46(43)48)52(63)28-33-67-35-37-69-39-40-70-38-36-68-34-31-61(57)55-47-20-9-6-17-44(47)41-60(50-23-11-10-21-49(50)54(55)56)53(64)27-26-51(62)58-29-12-2-3-13-32-71-72(65,66)73;2*1-2/h4-11,15-23H,2-3,12-14,24-41,56-57H2,1H3,(H,58,62)(H2,65,66,73);1-2H3;2H,1H3/b55-54-;;. The first-order valence-corrected chi connectivity index (χ1v) is 29.4. The van der Waals surface area contributed by atoms with Crippen LogP contribution < -0.4 is 21.8 Å². The van der Waals surface area contributed by atoms with Crippen LogP contribution in [0.5, 0.6) is 0 Å². The number of hydrogen-bond acceptors (Lipinski definition) is 13. The molecule has 1 aliphatic carbocycles. The number of hydrogen-bond donors (Lipinski definition) is 6. The van der Waals surface area contributed by atoms with Crippen molar-refractivity contribution in [3.8, 4) is 0 Å². The minimum atomic E-state index is -3.63. The molecule has 0 fully saturated rings. The number of unbranched alkanes of at least 4 members (excludes halogenated alkanes) is 3. The molecule has 0 saturated heterocycles. The van der Waals surface area contributed by atoms with Gasteiger partial charge >= 0.3 is 6.72 Å². The van der Waals surface area contributed by atoms with Gasteiger partial charge in [0.15, 0.2) is 0 Å². The van der Waals surface area contributed by atoms with Crippen LogP contribution in [-0.4, -0.2) is 136 Å². The van der Waals surface area contributed by atoms with Crippen molar-refractivity contribution in [2.75, 3.05) is 98.2 Å². The number of nitrogens with two attached hydrogens (primary N) is 2. The van der Waals surface area contributed by atoms with Gasteiger partial charge in [-0.05, 0) is 83.4 Å². The molecule has 17 nitrogen and oxygen atoms in total. The molecule has 6 rings (SSSR count). The Balaban J connectivity index is 0.00000312. The Morgan fingerprint density at radius 3 is 1.79 bits per heavy atom. The number of benzene rings is 4. The molecule has 0 saturated carbocycles. The molecular formula is C58H83N6O11PS. The summed E-state index contributed by atoms with van der Waals surface area (Å²) >= 11 is 4.45.